The van der Waals surface area contributed by atoms with Crippen molar-refractivity contribution in [3.63, 3.8) is 0 Å². The molecule has 4 N–H and O–H groups in total. The highest BCUT2D eigenvalue weighted by atomic mass is 16.5. The average molecular weight is 849 g/mol. The van der Waals surface area contributed by atoms with Crippen molar-refractivity contribution >= 4 is 23.9 Å². The molecule has 2 aliphatic carbocycles. The van der Waals surface area contributed by atoms with E-state index in [-0.39, 0.29) is 23.8 Å². The molecule has 0 radical (unpaired) electrons. The first kappa shape index (κ1) is 46.1. The van der Waals surface area contributed by atoms with Crippen molar-refractivity contribution < 1.29 is 49.1 Å². The second kappa shape index (κ2) is 19.3. The molecule has 0 amide bonds. The van der Waals surface area contributed by atoms with Crippen LogP contribution in [0.1, 0.15) is 71.9 Å². The average Bonchev–Trinajstić information content (AvgIpc) is 4.21. The summed E-state index contributed by atoms with van der Waals surface area (Å²) in [5.74, 6) is -3.36. The minimum Gasteiger partial charge on any atom is -0.473 e. The predicted octanol–water partition coefficient (Wildman–Crippen LogP) is 5.97. The number of hydrogen-bond acceptors (Lipinski definition) is 10. The number of carbonyl (C=O) groups is 4. The molecular formula is C50H60N2O10. The van der Waals surface area contributed by atoms with Gasteiger partial charge in [-0.3, -0.25) is 9.59 Å². The van der Waals surface area contributed by atoms with Gasteiger partial charge in [-0.15, -0.1) is 0 Å². The zero-order chi connectivity index (χ0) is 44.7. The summed E-state index contributed by atoms with van der Waals surface area (Å²) in [4.78, 5) is 48.3. The minimum absolute atomic E-state index is 0.126. The molecule has 0 bridgehead atoms. The van der Waals surface area contributed by atoms with Crippen LogP contribution in [0, 0.1) is 25.7 Å². The van der Waals surface area contributed by atoms with Gasteiger partial charge >= 0.3 is 23.9 Å². The second-order valence-corrected chi connectivity index (χ2v) is 17.5. The number of carboxylic acids is 2. The maximum Gasteiger partial charge on any atom is 0.414 e. The fraction of sp³-hybridized carbons (Fsp3) is 0.440. The van der Waals surface area contributed by atoms with Crippen molar-refractivity contribution in [3.8, 4) is 0 Å². The van der Waals surface area contributed by atoms with Crippen LogP contribution in [-0.4, -0.2) is 108 Å². The zero-order valence-corrected chi connectivity index (χ0v) is 36.2. The third-order valence-electron chi connectivity index (χ3n) is 13.6. The molecule has 12 heteroatoms. The summed E-state index contributed by atoms with van der Waals surface area (Å²) in [6.45, 7) is 9.21. The van der Waals surface area contributed by atoms with Gasteiger partial charge < -0.3 is 39.7 Å². The maximum atomic E-state index is 12.6. The van der Waals surface area contributed by atoms with Crippen LogP contribution in [-0.2, 0) is 50.7 Å². The lowest BCUT2D eigenvalue weighted by atomic mass is 9.84. The van der Waals surface area contributed by atoms with Crippen molar-refractivity contribution in [1.29, 1.82) is 0 Å². The van der Waals surface area contributed by atoms with Gasteiger partial charge in [-0.1, -0.05) is 120 Å². The highest BCUT2D eigenvalue weighted by molar-refractivity contribution is 6.27. The van der Waals surface area contributed by atoms with Crippen LogP contribution in [0.3, 0.4) is 0 Å². The number of rotatable bonds is 10. The minimum atomic E-state index is -1.82. The van der Waals surface area contributed by atoms with Crippen LogP contribution in [0.5, 0.6) is 0 Å². The van der Waals surface area contributed by atoms with Crippen LogP contribution < -0.4 is 0 Å². The fourth-order valence-corrected chi connectivity index (χ4v) is 9.52. The monoisotopic (exact) mass is 848 g/mol. The topological polar surface area (TPSA) is 174 Å². The first-order valence-corrected chi connectivity index (χ1v) is 21.4. The molecule has 4 fully saturated rings. The number of ether oxygens (including phenoxy) is 2. The SMILES string of the molecule is COC(=O)[C@]1(c2ccc(C)cc2)C[C@@H]1CN1CCC(O)(c2ccccc2)CC1.COC(=O)[C@]1(c2ccc(C)cc2)C[C@@H]1CN1CCC(O)(c2ccccc2)CC1.O=C(O)C(=O)O. The lowest BCUT2D eigenvalue weighted by molar-refractivity contribution is -0.159. The Bertz CT molecular complexity index is 1990. The molecule has 4 aromatic carbocycles. The molecule has 0 spiro atoms. The Balaban J connectivity index is 0.000000183. The van der Waals surface area contributed by atoms with E-state index in [0.29, 0.717) is 0 Å². The van der Waals surface area contributed by atoms with Crippen LogP contribution in [0.4, 0.5) is 0 Å². The Morgan fingerprint density at radius 1 is 0.516 bits per heavy atom. The molecule has 2 saturated heterocycles. The molecule has 4 atom stereocenters. The Hall–Kier alpha value is -5.40. The molecule has 62 heavy (non-hydrogen) atoms. The van der Waals surface area contributed by atoms with E-state index in [1.54, 1.807) is 0 Å². The number of hydrogen-bond donors (Lipinski definition) is 4. The molecule has 2 aliphatic heterocycles. The van der Waals surface area contributed by atoms with Gasteiger partial charge in [0.2, 0.25) is 0 Å². The summed E-state index contributed by atoms with van der Waals surface area (Å²) in [5.41, 5.74) is 4.03. The Labute approximate surface area is 364 Å². The van der Waals surface area contributed by atoms with Gasteiger partial charge in [-0.05, 0) is 86.5 Å². The summed E-state index contributed by atoms with van der Waals surface area (Å²) >= 11 is 0. The van der Waals surface area contributed by atoms with Gasteiger partial charge in [-0.25, -0.2) is 9.59 Å². The van der Waals surface area contributed by atoms with Crippen molar-refractivity contribution in [1.82, 2.24) is 9.80 Å². The van der Waals surface area contributed by atoms with E-state index >= 15 is 0 Å². The number of aliphatic hydroxyl groups is 2. The van der Waals surface area contributed by atoms with E-state index < -0.39 is 34.0 Å². The van der Waals surface area contributed by atoms with Crippen molar-refractivity contribution in [2.75, 3.05) is 53.5 Å². The quantitative estimate of drug-likeness (QED) is 0.109. The maximum absolute atomic E-state index is 12.6. The number of esters is 2. The van der Waals surface area contributed by atoms with Crippen molar-refractivity contribution in [2.24, 2.45) is 11.8 Å². The number of piperidine rings is 2. The Morgan fingerprint density at radius 2 is 0.823 bits per heavy atom. The molecule has 4 aromatic rings. The van der Waals surface area contributed by atoms with E-state index in [9.17, 15) is 19.8 Å². The van der Waals surface area contributed by atoms with Crippen LogP contribution in [0.25, 0.3) is 0 Å². The molecular weight excluding hydrogens is 789 g/mol. The standard InChI is InChI=1S/2C24H29NO3.C2H2O4/c2*1-18-8-10-20(11-9-18)24(22(26)28-2)16-21(24)17-25-14-12-23(27,13-15-25)19-6-4-3-5-7-19;3-1(4)2(5)6/h2*3-11,21,27H,12-17H2,1-2H3;(H,3,4)(H,5,6)/t2*21-,24+;/m11./s1. The van der Waals surface area contributed by atoms with Gasteiger partial charge in [0.05, 0.1) is 36.3 Å². The van der Waals surface area contributed by atoms with E-state index in [4.69, 9.17) is 29.3 Å². The third kappa shape index (κ3) is 10.1. The number of aliphatic carboxylic acids is 2. The summed E-state index contributed by atoms with van der Waals surface area (Å²) in [6.07, 6.45) is 4.56. The van der Waals surface area contributed by atoms with Crippen LogP contribution in [0.15, 0.2) is 109 Å². The van der Waals surface area contributed by atoms with Gasteiger partial charge in [0.25, 0.3) is 0 Å². The molecule has 2 heterocycles. The van der Waals surface area contributed by atoms with E-state index in [0.717, 1.165) is 100 Å². The van der Waals surface area contributed by atoms with Gasteiger partial charge in [0.1, 0.15) is 0 Å². The predicted molar refractivity (Wildman–Crippen MR) is 233 cm³/mol. The molecule has 330 valence electrons. The number of nitrogens with zero attached hydrogens (tertiary/aromatic N) is 2. The fourth-order valence-electron chi connectivity index (χ4n) is 9.52. The van der Waals surface area contributed by atoms with Crippen molar-refractivity contribution in [2.45, 2.75) is 74.4 Å². The normalized spacial score (nSPS) is 24.7. The van der Waals surface area contributed by atoms with Crippen LogP contribution >= 0.6 is 0 Å². The van der Waals surface area contributed by atoms with E-state index in [2.05, 4.69) is 72.2 Å². The van der Waals surface area contributed by atoms with E-state index in [1.165, 1.54) is 25.3 Å². The largest absolute Gasteiger partial charge is 0.473 e. The number of carboxylic acid groups (broad SMARTS) is 2. The molecule has 12 nitrogen and oxygen atoms in total. The first-order valence-electron chi connectivity index (χ1n) is 21.4. The Morgan fingerprint density at radius 3 is 1.10 bits per heavy atom. The second-order valence-electron chi connectivity index (χ2n) is 17.5. The summed E-state index contributed by atoms with van der Waals surface area (Å²) in [6, 6.07) is 36.5. The number of aryl methyl sites for hydroxylation is 2. The number of carbonyl (C=O) groups excluding carboxylic acids is 2. The number of methoxy groups -OCH3 is 2. The molecule has 4 aliphatic rings. The summed E-state index contributed by atoms with van der Waals surface area (Å²) in [7, 11) is 2.96. The van der Waals surface area contributed by atoms with Gasteiger partial charge in [0.15, 0.2) is 0 Å². The third-order valence-corrected chi connectivity index (χ3v) is 13.6. The molecule has 0 aromatic heterocycles. The smallest absolute Gasteiger partial charge is 0.414 e. The van der Waals surface area contributed by atoms with E-state index in [1.807, 2.05) is 60.7 Å². The van der Waals surface area contributed by atoms with Crippen molar-refractivity contribution in [3.05, 3.63) is 143 Å². The first-order chi connectivity index (χ1) is 29.6. The van der Waals surface area contributed by atoms with Gasteiger partial charge in [0, 0.05) is 39.3 Å². The molecule has 8 rings (SSSR count). The highest BCUT2D eigenvalue weighted by Crippen LogP contribution is 2.57. The highest BCUT2D eigenvalue weighted by Gasteiger charge is 2.63. The lowest BCUT2D eigenvalue weighted by Crippen LogP contribution is -2.44. The zero-order valence-electron chi connectivity index (χ0n) is 36.2. The summed E-state index contributed by atoms with van der Waals surface area (Å²) < 4.78 is 10.4. The Kier molecular flexibility index (Phi) is 14.4. The lowest BCUT2D eigenvalue weighted by Gasteiger charge is -2.39. The van der Waals surface area contributed by atoms with Gasteiger partial charge in [-0.2, -0.15) is 0 Å². The number of benzene rings is 4. The molecule has 0 unspecified atom stereocenters. The summed E-state index contributed by atoms with van der Waals surface area (Å²) in [5, 5.41) is 36.9. The van der Waals surface area contributed by atoms with Crippen LogP contribution in [0.2, 0.25) is 0 Å². The number of likely N-dealkylation sites (tertiary alicyclic amines) is 2. The molecule has 2 saturated carbocycles.